The molecule has 22 heavy (non-hydrogen) atoms. The topological polar surface area (TPSA) is 91.2 Å². The maximum absolute atomic E-state index is 11.9. The van der Waals surface area contributed by atoms with E-state index in [0.29, 0.717) is 12.2 Å². The SMILES string of the molecule is CSCC[C@H](NC(=O)OCc1ccccc1)C(=O)NCC#N. The minimum absolute atomic E-state index is 0.0880. The molecule has 0 spiro atoms. The Morgan fingerprint density at radius 3 is 2.73 bits per heavy atom. The van der Waals surface area contributed by atoms with Crippen LogP contribution in [-0.4, -0.2) is 36.6 Å². The van der Waals surface area contributed by atoms with E-state index >= 15 is 0 Å². The standard InChI is InChI=1S/C15H19N3O3S/c1-22-10-7-13(14(19)17-9-8-16)18-15(20)21-11-12-5-3-2-4-6-12/h2-6,13H,7,9-11H2,1H3,(H,17,19)(H,18,20)/t13-/m0/s1. The van der Waals surface area contributed by atoms with E-state index in [1.807, 2.05) is 42.7 Å². The number of alkyl carbamates (subject to hydrolysis) is 1. The molecule has 1 rings (SSSR count). The number of rotatable bonds is 8. The molecule has 0 aliphatic heterocycles. The number of amides is 2. The maximum atomic E-state index is 11.9. The first-order chi connectivity index (χ1) is 10.7. The molecule has 0 aliphatic carbocycles. The predicted octanol–water partition coefficient (Wildman–Crippen LogP) is 1.67. The van der Waals surface area contributed by atoms with Gasteiger partial charge in [0.1, 0.15) is 19.2 Å². The van der Waals surface area contributed by atoms with Crippen molar-refractivity contribution in [1.82, 2.24) is 10.6 Å². The van der Waals surface area contributed by atoms with E-state index in [2.05, 4.69) is 10.6 Å². The first kappa shape index (κ1) is 17.9. The third-order valence-corrected chi connectivity index (χ3v) is 3.42. The number of ether oxygens (including phenoxy) is 1. The van der Waals surface area contributed by atoms with Gasteiger partial charge in [0.25, 0.3) is 0 Å². The molecule has 0 unspecified atom stereocenters. The van der Waals surface area contributed by atoms with Crippen LogP contribution in [0.2, 0.25) is 0 Å². The lowest BCUT2D eigenvalue weighted by Gasteiger charge is -2.17. The molecule has 1 atom stereocenters. The van der Waals surface area contributed by atoms with Crippen LogP contribution in [0.15, 0.2) is 30.3 Å². The Bertz CT molecular complexity index is 517. The minimum Gasteiger partial charge on any atom is -0.445 e. The molecule has 0 fully saturated rings. The van der Waals surface area contributed by atoms with Gasteiger partial charge in [-0.05, 0) is 24.0 Å². The smallest absolute Gasteiger partial charge is 0.408 e. The van der Waals surface area contributed by atoms with Gasteiger partial charge in [-0.15, -0.1) is 0 Å². The summed E-state index contributed by atoms with van der Waals surface area (Å²) in [5.41, 5.74) is 0.868. The maximum Gasteiger partial charge on any atom is 0.408 e. The number of carbonyl (C=O) groups is 2. The Labute approximate surface area is 134 Å². The van der Waals surface area contributed by atoms with Gasteiger partial charge in [-0.25, -0.2) is 4.79 Å². The molecule has 1 aromatic rings. The summed E-state index contributed by atoms with van der Waals surface area (Å²) >= 11 is 1.57. The van der Waals surface area contributed by atoms with E-state index in [4.69, 9.17) is 10.00 Å². The van der Waals surface area contributed by atoms with Crippen LogP contribution in [0.3, 0.4) is 0 Å². The number of carbonyl (C=O) groups excluding carboxylic acids is 2. The molecule has 1 aromatic carbocycles. The number of hydrogen-bond acceptors (Lipinski definition) is 5. The summed E-state index contributed by atoms with van der Waals surface area (Å²) in [6, 6.07) is 10.4. The van der Waals surface area contributed by atoms with Gasteiger partial charge in [0.05, 0.1) is 6.07 Å². The van der Waals surface area contributed by atoms with E-state index in [-0.39, 0.29) is 19.1 Å². The van der Waals surface area contributed by atoms with E-state index in [9.17, 15) is 9.59 Å². The molecular weight excluding hydrogens is 302 g/mol. The van der Waals surface area contributed by atoms with Crippen LogP contribution in [0, 0.1) is 11.3 Å². The zero-order chi connectivity index (χ0) is 16.2. The molecule has 0 radical (unpaired) electrons. The fraction of sp³-hybridized carbons (Fsp3) is 0.400. The normalized spacial score (nSPS) is 11.1. The van der Waals surface area contributed by atoms with Gasteiger partial charge in [0, 0.05) is 0 Å². The number of thioether (sulfide) groups is 1. The van der Waals surface area contributed by atoms with Crippen molar-refractivity contribution in [3.05, 3.63) is 35.9 Å². The molecule has 0 saturated carbocycles. The third-order valence-electron chi connectivity index (χ3n) is 2.77. The van der Waals surface area contributed by atoms with Gasteiger partial charge in [0.15, 0.2) is 0 Å². The van der Waals surface area contributed by atoms with Crippen molar-refractivity contribution in [2.75, 3.05) is 18.6 Å². The van der Waals surface area contributed by atoms with Crippen molar-refractivity contribution in [2.45, 2.75) is 19.1 Å². The fourth-order valence-corrected chi connectivity index (χ4v) is 2.13. The first-order valence-corrected chi connectivity index (χ1v) is 8.17. The minimum atomic E-state index is -0.705. The third kappa shape index (κ3) is 6.99. The lowest BCUT2D eigenvalue weighted by Crippen LogP contribution is -2.47. The molecule has 0 saturated heterocycles. The molecule has 0 aromatic heterocycles. The summed E-state index contributed by atoms with van der Waals surface area (Å²) in [5, 5.41) is 13.5. The van der Waals surface area contributed by atoms with E-state index in [1.54, 1.807) is 11.8 Å². The second kappa shape index (κ2) is 10.5. The Morgan fingerprint density at radius 2 is 2.09 bits per heavy atom. The second-order valence-electron chi connectivity index (χ2n) is 4.42. The van der Waals surface area contributed by atoms with Gasteiger partial charge in [0.2, 0.25) is 5.91 Å². The molecule has 0 bridgehead atoms. The Kier molecular flexibility index (Phi) is 8.53. The zero-order valence-corrected chi connectivity index (χ0v) is 13.2. The van der Waals surface area contributed by atoms with Crippen molar-refractivity contribution in [3.8, 4) is 6.07 Å². The lowest BCUT2D eigenvalue weighted by atomic mass is 10.2. The zero-order valence-electron chi connectivity index (χ0n) is 12.4. The molecule has 0 heterocycles. The summed E-state index contributed by atoms with van der Waals surface area (Å²) in [6.45, 7) is 0.0527. The van der Waals surface area contributed by atoms with Crippen LogP contribution in [0.1, 0.15) is 12.0 Å². The van der Waals surface area contributed by atoms with Crippen LogP contribution >= 0.6 is 11.8 Å². The Hall–Kier alpha value is -2.20. The van der Waals surface area contributed by atoms with Crippen molar-refractivity contribution >= 4 is 23.8 Å². The van der Waals surface area contributed by atoms with Crippen molar-refractivity contribution in [2.24, 2.45) is 0 Å². The van der Waals surface area contributed by atoms with E-state index < -0.39 is 12.1 Å². The molecule has 2 N–H and O–H groups in total. The van der Waals surface area contributed by atoms with Crippen molar-refractivity contribution < 1.29 is 14.3 Å². The number of nitriles is 1. The summed E-state index contributed by atoms with van der Waals surface area (Å²) < 4.78 is 5.09. The van der Waals surface area contributed by atoms with Crippen LogP contribution in [0.25, 0.3) is 0 Å². The Morgan fingerprint density at radius 1 is 1.36 bits per heavy atom. The summed E-state index contributed by atoms with van der Waals surface area (Å²) in [7, 11) is 0. The molecule has 6 nitrogen and oxygen atoms in total. The van der Waals surface area contributed by atoms with E-state index in [1.165, 1.54) is 0 Å². The highest BCUT2D eigenvalue weighted by Crippen LogP contribution is 2.03. The fourth-order valence-electron chi connectivity index (χ4n) is 1.66. The van der Waals surface area contributed by atoms with Crippen LogP contribution in [0.4, 0.5) is 4.79 Å². The highest BCUT2D eigenvalue weighted by molar-refractivity contribution is 7.98. The number of hydrogen-bond donors (Lipinski definition) is 2. The summed E-state index contributed by atoms with van der Waals surface area (Å²) in [4.78, 5) is 23.7. The lowest BCUT2D eigenvalue weighted by molar-refractivity contribution is -0.122. The summed E-state index contributed by atoms with van der Waals surface area (Å²) in [5.74, 6) is 0.330. The monoisotopic (exact) mass is 321 g/mol. The van der Waals surface area contributed by atoms with Gasteiger partial charge in [-0.1, -0.05) is 30.3 Å². The molecule has 2 amide bonds. The second-order valence-corrected chi connectivity index (χ2v) is 5.40. The average Bonchev–Trinajstić information content (AvgIpc) is 2.55. The summed E-state index contributed by atoms with van der Waals surface area (Å²) in [6.07, 6.45) is 1.73. The van der Waals surface area contributed by atoms with E-state index in [0.717, 1.165) is 5.56 Å². The molecule has 7 heteroatoms. The molecule has 118 valence electrons. The quantitative estimate of drug-likeness (QED) is 0.711. The highest BCUT2D eigenvalue weighted by atomic mass is 32.2. The van der Waals surface area contributed by atoms with Crippen molar-refractivity contribution in [3.63, 3.8) is 0 Å². The van der Waals surface area contributed by atoms with Gasteiger partial charge >= 0.3 is 6.09 Å². The first-order valence-electron chi connectivity index (χ1n) is 6.78. The Balaban J connectivity index is 2.47. The van der Waals surface area contributed by atoms with Crippen molar-refractivity contribution in [1.29, 1.82) is 5.26 Å². The number of nitrogens with zero attached hydrogens (tertiary/aromatic N) is 1. The number of benzene rings is 1. The largest absolute Gasteiger partial charge is 0.445 e. The van der Waals surface area contributed by atoms with Crippen LogP contribution in [0.5, 0.6) is 0 Å². The number of nitrogens with one attached hydrogen (secondary N) is 2. The predicted molar refractivity (Wildman–Crippen MR) is 85.2 cm³/mol. The highest BCUT2D eigenvalue weighted by Gasteiger charge is 2.20. The van der Waals surface area contributed by atoms with Crippen LogP contribution in [-0.2, 0) is 16.1 Å². The van der Waals surface area contributed by atoms with Crippen LogP contribution < -0.4 is 10.6 Å². The van der Waals surface area contributed by atoms with Gasteiger partial charge in [-0.3, -0.25) is 4.79 Å². The van der Waals surface area contributed by atoms with Gasteiger partial charge in [-0.2, -0.15) is 17.0 Å². The molecule has 0 aliphatic rings. The average molecular weight is 321 g/mol. The van der Waals surface area contributed by atoms with Gasteiger partial charge < -0.3 is 15.4 Å². The molecular formula is C15H19N3O3S.